The van der Waals surface area contributed by atoms with Crippen LogP contribution in [0.25, 0.3) is 33.0 Å². The van der Waals surface area contributed by atoms with Gasteiger partial charge in [0, 0.05) is 67.1 Å². The second kappa shape index (κ2) is 19.5. The highest BCUT2D eigenvalue weighted by Gasteiger charge is 2.32. The van der Waals surface area contributed by atoms with E-state index in [0.717, 1.165) is 79.8 Å². The standard InChI is InChI=1S/C45H44Cl2FN7O5S/c1-26-36-27(2)40(47)41(39(26)46)58-21-20-57-33-9-10-34(60-24-32-12-14-51-43(55-32)30-6-11-35(52-23-30)50-16-15-49-17-19-56-3)29(22-33)13-18-59-44-38-37(36)42(61-45(38)54-25-53-44)28-4-7-31(48)8-5-28/h4-12,14,22-23,49,54H,13,15-21,24-25H2,1-3H3,(H,50,52). The molecule has 3 aromatic heterocycles. The minimum absolute atomic E-state index is 0.196. The van der Waals surface area contributed by atoms with E-state index in [1.54, 1.807) is 43.0 Å². The fourth-order valence-electron chi connectivity index (χ4n) is 7.14. The SMILES string of the molecule is COCCNCCNc1ccc(-c2nccc(COc3ccc4cc3CCOC3=NCNc5sc(-c6ccc(F)cc6)c(c53)-c3c(C)c(Cl)c(c(Cl)c3C)OCCO4)n2)cn1. The summed E-state index contributed by atoms with van der Waals surface area (Å²) in [4.78, 5) is 19.5. The van der Waals surface area contributed by atoms with Gasteiger partial charge in [0.1, 0.15) is 54.6 Å². The quantitative estimate of drug-likeness (QED) is 0.102. The number of methoxy groups -OCH3 is 1. The molecule has 0 radical (unpaired) electrons. The number of halogens is 3. The summed E-state index contributed by atoms with van der Waals surface area (Å²) in [6, 6.07) is 17.8. The average molecular weight is 885 g/mol. The number of aliphatic imine (C=N–C) groups is 1. The summed E-state index contributed by atoms with van der Waals surface area (Å²) in [5, 5.41) is 11.7. The normalized spacial score (nSPS) is 13.5. The highest BCUT2D eigenvalue weighted by molar-refractivity contribution is 7.20. The zero-order valence-corrected chi connectivity index (χ0v) is 36.2. The molecular formula is C45H44Cl2FN7O5S. The smallest absolute Gasteiger partial charge is 0.221 e. The van der Waals surface area contributed by atoms with Crippen molar-refractivity contribution in [1.82, 2.24) is 20.3 Å². The van der Waals surface area contributed by atoms with Crippen molar-refractivity contribution < 1.29 is 28.1 Å². The highest BCUT2D eigenvalue weighted by atomic mass is 35.5. The van der Waals surface area contributed by atoms with Crippen LogP contribution >= 0.6 is 34.5 Å². The first kappa shape index (κ1) is 42.2. The van der Waals surface area contributed by atoms with Crippen LogP contribution in [0.1, 0.15) is 27.9 Å². The van der Waals surface area contributed by atoms with Crippen LogP contribution in [0.15, 0.2) is 78.0 Å². The summed E-state index contributed by atoms with van der Waals surface area (Å²) in [7, 11) is 1.69. The molecular weight excluding hydrogens is 841 g/mol. The van der Waals surface area contributed by atoms with Gasteiger partial charge in [-0.2, -0.15) is 0 Å². The number of thiophene rings is 1. The zero-order chi connectivity index (χ0) is 42.3. The Morgan fingerprint density at radius 2 is 1.66 bits per heavy atom. The predicted octanol–water partition coefficient (Wildman–Crippen LogP) is 9.38. The Labute approximate surface area is 367 Å². The van der Waals surface area contributed by atoms with E-state index < -0.39 is 0 Å². The Morgan fingerprint density at radius 1 is 0.852 bits per heavy atom. The van der Waals surface area contributed by atoms with Gasteiger partial charge in [0.25, 0.3) is 0 Å². The van der Waals surface area contributed by atoms with Crippen LogP contribution < -0.4 is 30.2 Å². The topological polar surface area (TPSA) is 133 Å². The molecule has 316 valence electrons. The molecule has 0 saturated carbocycles. The van der Waals surface area contributed by atoms with Crippen LogP contribution in [0.2, 0.25) is 10.0 Å². The Morgan fingerprint density at radius 3 is 2.44 bits per heavy atom. The maximum absolute atomic E-state index is 14.2. The van der Waals surface area contributed by atoms with Gasteiger partial charge in [0.15, 0.2) is 11.6 Å². The van der Waals surface area contributed by atoms with Crippen LogP contribution in [0.4, 0.5) is 15.2 Å². The molecule has 0 aliphatic carbocycles. The number of benzene rings is 3. The number of ether oxygens (including phenoxy) is 5. The lowest BCUT2D eigenvalue weighted by atomic mass is 9.90. The lowest BCUT2D eigenvalue weighted by Crippen LogP contribution is -2.25. The minimum atomic E-state index is -0.323. The summed E-state index contributed by atoms with van der Waals surface area (Å²) in [5.41, 5.74) is 7.22. The van der Waals surface area contributed by atoms with E-state index in [9.17, 15) is 4.39 Å². The third kappa shape index (κ3) is 9.53. The van der Waals surface area contributed by atoms with Crippen LogP contribution in [0.5, 0.6) is 17.2 Å². The molecule has 0 unspecified atom stereocenters. The van der Waals surface area contributed by atoms with E-state index in [1.165, 1.54) is 12.1 Å². The summed E-state index contributed by atoms with van der Waals surface area (Å²) in [6.07, 6.45) is 3.95. The number of nitrogens with zero attached hydrogens (tertiary/aromatic N) is 4. The number of anilines is 2. The Hall–Kier alpha value is -5.51. The van der Waals surface area contributed by atoms with Crippen molar-refractivity contribution in [2.24, 2.45) is 4.99 Å². The van der Waals surface area contributed by atoms with Crippen molar-refractivity contribution in [3.63, 3.8) is 0 Å². The van der Waals surface area contributed by atoms with Gasteiger partial charge in [-0.25, -0.2) is 24.3 Å². The third-order valence-corrected chi connectivity index (χ3v) is 12.3. The Balaban J connectivity index is 1.04. The zero-order valence-electron chi connectivity index (χ0n) is 33.9. The van der Waals surface area contributed by atoms with E-state index in [0.29, 0.717) is 64.4 Å². The lowest BCUT2D eigenvalue weighted by Gasteiger charge is -2.22. The van der Waals surface area contributed by atoms with E-state index >= 15 is 0 Å². The number of hydrogen-bond acceptors (Lipinski definition) is 13. The largest absolute Gasteiger partial charge is 0.490 e. The van der Waals surface area contributed by atoms with Crippen molar-refractivity contribution in [3.05, 3.63) is 117 Å². The van der Waals surface area contributed by atoms with Crippen LogP contribution in [-0.4, -0.2) is 80.7 Å². The van der Waals surface area contributed by atoms with E-state index in [2.05, 4.69) is 25.9 Å². The molecule has 0 saturated heterocycles. The molecule has 9 rings (SSSR count). The van der Waals surface area contributed by atoms with Crippen LogP contribution in [-0.2, 0) is 22.5 Å². The number of pyridine rings is 1. The molecule has 3 aliphatic rings. The monoisotopic (exact) mass is 883 g/mol. The first-order chi connectivity index (χ1) is 29.8. The lowest BCUT2D eigenvalue weighted by molar-refractivity contribution is 0.200. The van der Waals surface area contributed by atoms with Gasteiger partial charge in [-0.3, -0.25) is 0 Å². The van der Waals surface area contributed by atoms with Crippen molar-refractivity contribution in [2.45, 2.75) is 26.9 Å². The fourth-order valence-corrected chi connectivity index (χ4v) is 8.87. The maximum Gasteiger partial charge on any atom is 0.221 e. The van der Waals surface area contributed by atoms with Gasteiger partial charge < -0.3 is 39.6 Å². The van der Waals surface area contributed by atoms with Crippen molar-refractivity contribution in [1.29, 1.82) is 0 Å². The molecule has 6 aromatic rings. The molecule has 6 heterocycles. The molecule has 61 heavy (non-hydrogen) atoms. The van der Waals surface area contributed by atoms with Gasteiger partial charge in [-0.1, -0.05) is 35.3 Å². The molecule has 4 bridgehead atoms. The third-order valence-electron chi connectivity index (χ3n) is 10.2. The molecule has 3 aliphatic heterocycles. The molecule has 0 atom stereocenters. The summed E-state index contributed by atoms with van der Waals surface area (Å²) < 4.78 is 44.6. The van der Waals surface area contributed by atoms with Crippen LogP contribution in [0, 0.1) is 19.7 Å². The molecule has 3 aromatic carbocycles. The summed E-state index contributed by atoms with van der Waals surface area (Å²) in [5.74, 6) is 3.14. The van der Waals surface area contributed by atoms with Crippen molar-refractivity contribution in [2.75, 3.05) is 70.5 Å². The van der Waals surface area contributed by atoms with Gasteiger partial charge in [-0.15, -0.1) is 11.3 Å². The van der Waals surface area contributed by atoms with Crippen molar-refractivity contribution in [3.8, 4) is 50.2 Å². The van der Waals surface area contributed by atoms with E-state index in [-0.39, 0.29) is 32.2 Å². The molecule has 0 amide bonds. The highest BCUT2D eigenvalue weighted by Crippen LogP contribution is 2.53. The number of hydrogen-bond donors (Lipinski definition) is 3. The summed E-state index contributed by atoms with van der Waals surface area (Å²) in [6.45, 7) is 8.11. The van der Waals surface area contributed by atoms with Crippen LogP contribution in [0.3, 0.4) is 0 Å². The van der Waals surface area contributed by atoms with Crippen molar-refractivity contribution >= 4 is 51.3 Å². The molecule has 0 spiro atoms. The molecule has 12 nitrogen and oxygen atoms in total. The number of aromatic nitrogens is 3. The first-order valence-corrected chi connectivity index (χ1v) is 21.4. The number of rotatable bonds is 12. The van der Waals surface area contributed by atoms with E-state index in [4.69, 9.17) is 56.9 Å². The second-order valence-corrected chi connectivity index (χ2v) is 16.0. The first-order valence-electron chi connectivity index (χ1n) is 19.8. The second-order valence-electron chi connectivity index (χ2n) is 14.2. The predicted molar refractivity (Wildman–Crippen MR) is 240 cm³/mol. The maximum atomic E-state index is 14.2. The molecule has 3 N–H and O–H groups in total. The fraction of sp³-hybridized carbons (Fsp3) is 0.289. The summed E-state index contributed by atoms with van der Waals surface area (Å²) >= 11 is 15.7. The van der Waals surface area contributed by atoms with Gasteiger partial charge in [0.2, 0.25) is 5.90 Å². The van der Waals surface area contributed by atoms with E-state index in [1.807, 2.05) is 50.2 Å². The van der Waals surface area contributed by atoms with Gasteiger partial charge in [-0.05, 0) is 84.6 Å². The Bertz CT molecular complexity index is 2510. The number of nitrogens with one attached hydrogen (secondary N) is 3. The molecule has 0 fully saturated rings. The molecule has 16 heteroatoms. The minimum Gasteiger partial charge on any atom is -0.490 e. The average Bonchev–Trinajstić information content (AvgIpc) is 3.66. The van der Waals surface area contributed by atoms with Gasteiger partial charge in [0.05, 0.1) is 34.5 Å². The number of fused-ring (bicyclic) bond motifs is 7. The van der Waals surface area contributed by atoms with Gasteiger partial charge >= 0.3 is 0 Å². The Kier molecular flexibility index (Phi) is 13.5.